The summed E-state index contributed by atoms with van der Waals surface area (Å²) in [5.41, 5.74) is 2.33. The quantitative estimate of drug-likeness (QED) is 0.823. The van der Waals surface area contributed by atoms with Crippen LogP contribution in [0.3, 0.4) is 0 Å². The van der Waals surface area contributed by atoms with Crippen molar-refractivity contribution < 1.29 is 14.6 Å². The molecule has 0 aliphatic rings. The van der Waals surface area contributed by atoms with Crippen LogP contribution in [-0.4, -0.2) is 36.7 Å². The van der Waals surface area contributed by atoms with Crippen LogP contribution in [0.15, 0.2) is 18.2 Å². The SMILES string of the molecule is COc1ccc(CN(C)CCC(C)C(=O)O)cc1C. The van der Waals surface area contributed by atoms with Crippen molar-refractivity contribution in [1.29, 1.82) is 0 Å². The van der Waals surface area contributed by atoms with E-state index in [0.717, 1.165) is 24.4 Å². The Bertz CT molecular complexity index is 431. The molecule has 1 aromatic rings. The highest BCUT2D eigenvalue weighted by Gasteiger charge is 2.12. The highest BCUT2D eigenvalue weighted by Crippen LogP contribution is 2.19. The molecule has 19 heavy (non-hydrogen) atoms. The van der Waals surface area contributed by atoms with Crippen LogP contribution >= 0.6 is 0 Å². The minimum Gasteiger partial charge on any atom is -0.496 e. The molecule has 0 spiro atoms. The van der Waals surface area contributed by atoms with E-state index in [-0.39, 0.29) is 5.92 Å². The molecule has 0 saturated carbocycles. The molecule has 0 amide bonds. The third-order valence-electron chi connectivity index (χ3n) is 3.28. The smallest absolute Gasteiger partial charge is 0.306 e. The molecule has 106 valence electrons. The van der Waals surface area contributed by atoms with Gasteiger partial charge in [-0.3, -0.25) is 4.79 Å². The van der Waals surface area contributed by atoms with Crippen molar-refractivity contribution in [2.24, 2.45) is 5.92 Å². The van der Waals surface area contributed by atoms with Crippen molar-refractivity contribution >= 4 is 5.97 Å². The van der Waals surface area contributed by atoms with Crippen molar-refractivity contribution in [2.75, 3.05) is 20.7 Å². The average Bonchev–Trinajstić information content (AvgIpc) is 2.36. The maximum atomic E-state index is 10.8. The van der Waals surface area contributed by atoms with E-state index in [9.17, 15) is 4.79 Å². The third kappa shape index (κ3) is 4.91. The number of hydrogen-bond acceptors (Lipinski definition) is 3. The topological polar surface area (TPSA) is 49.8 Å². The van der Waals surface area contributed by atoms with Crippen molar-refractivity contribution in [3.63, 3.8) is 0 Å². The molecule has 0 fully saturated rings. The molecule has 0 aliphatic carbocycles. The van der Waals surface area contributed by atoms with Gasteiger partial charge in [0.1, 0.15) is 5.75 Å². The van der Waals surface area contributed by atoms with E-state index >= 15 is 0 Å². The van der Waals surface area contributed by atoms with E-state index in [2.05, 4.69) is 11.0 Å². The van der Waals surface area contributed by atoms with Crippen LogP contribution in [0.5, 0.6) is 5.75 Å². The van der Waals surface area contributed by atoms with Crippen LogP contribution in [0.4, 0.5) is 0 Å². The molecule has 1 N–H and O–H groups in total. The van der Waals surface area contributed by atoms with Gasteiger partial charge in [-0.2, -0.15) is 0 Å². The summed E-state index contributed by atoms with van der Waals surface area (Å²) >= 11 is 0. The molecule has 1 unspecified atom stereocenters. The molecule has 1 aromatic carbocycles. The minimum atomic E-state index is -0.728. The van der Waals surface area contributed by atoms with Crippen molar-refractivity contribution in [3.8, 4) is 5.75 Å². The van der Waals surface area contributed by atoms with Gasteiger partial charge in [-0.1, -0.05) is 19.1 Å². The van der Waals surface area contributed by atoms with E-state index in [1.807, 2.05) is 26.1 Å². The summed E-state index contributed by atoms with van der Waals surface area (Å²) in [6, 6.07) is 6.12. The number of aryl methyl sites for hydroxylation is 1. The zero-order chi connectivity index (χ0) is 14.4. The van der Waals surface area contributed by atoms with Crippen LogP contribution in [0.1, 0.15) is 24.5 Å². The molecule has 4 nitrogen and oxygen atoms in total. The van der Waals surface area contributed by atoms with Gasteiger partial charge < -0.3 is 14.7 Å². The number of carboxylic acid groups (broad SMARTS) is 1. The predicted octanol–water partition coefficient (Wildman–Crippen LogP) is 2.55. The van der Waals surface area contributed by atoms with Crippen LogP contribution in [0, 0.1) is 12.8 Å². The van der Waals surface area contributed by atoms with Gasteiger partial charge in [0.05, 0.1) is 13.0 Å². The molecule has 1 atom stereocenters. The van der Waals surface area contributed by atoms with E-state index in [0.29, 0.717) is 6.42 Å². The first-order valence-corrected chi connectivity index (χ1v) is 6.49. The number of rotatable bonds is 7. The van der Waals surface area contributed by atoms with Crippen LogP contribution in [0.2, 0.25) is 0 Å². The fraction of sp³-hybridized carbons (Fsp3) is 0.533. The first-order chi connectivity index (χ1) is 8.93. The highest BCUT2D eigenvalue weighted by molar-refractivity contribution is 5.69. The normalized spacial score (nSPS) is 12.5. The molecule has 1 rings (SSSR count). The number of nitrogens with zero attached hydrogens (tertiary/aromatic N) is 1. The second-order valence-electron chi connectivity index (χ2n) is 5.07. The van der Waals surface area contributed by atoms with Gasteiger partial charge >= 0.3 is 5.97 Å². The number of benzene rings is 1. The summed E-state index contributed by atoms with van der Waals surface area (Å²) in [6.07, 6.45) is 0.668. The predicted molar refractivity (Wildman–Crippen MR) is 75.5 cm³/mol. The zero-order valence-electron chi connectivity index (χ0n) is 12.1. The Kier molecular flexibility index (Phi) is 5.83. The van der Waals surface area contributed by atoms with Gasteiger partial charge in [0.2, 0.25) is 0 Å². The highest BCUT2D eigenvalue weighted by atomic mass is 16.5. The zero-order valence-corrected chi connectivity index (χ0v) is 12.1. The molecule has 0 saturated heterocycles. The standard InChI is InChI=1S/C15H23NO3/c1-11(15(17)18)7-8-16(3)10-13-5-6-14(19-4)12(2)9-13/h5-6,9,11H,7-8,10H2,1-4H3,(H,17,18). The summed E-state index contributed by atoms with van der Waals surface area (Å²) in [6.45, 7) is 5.36. The summed E-state index contributed by atoms with van der Waals surface area (Å²) < 4.78 is 5.23. The Hall–Kier alpha value is -1.55. The van der Waals surface area contributed by atoms with Gasteiger partial charge in [-0.05, 0) is 44.1 Å². The molecular formula is C15H23NO3. The first kappa shape index (κ1) is 15.5. The monoisotopic (exact) mass is 265 g/mol. The second-order valence-corrected chi connectivity index (χ2v) is 5.07. The molecule has 0 aromatic heterocycles. The fourth-order valence-corrected chi connectivity index (χ4v) is 1.97. The van der Waals surface area contributed by atoms with Crippen LogP contribution < -0.4 is 4.74 Å². The molecular weight excluding hydrogens is 242 g/mol. The average molecular weight is 265 g/mol. The van der Waals surface area contributed by atoms with E-state index in [1.165, 1.54) is 5.56 Å². The van der Waals surface area contributed by atoms with Gasteiger partial charge in [0.25, 0.3) is 0 Å². The lowest BCUT2D eigenvalue weighted by molar-refractivity contribution is -0.141. The van der Waals surface area contributed by atoms with Crippen molar-refractivity contribution in [2.45, 2.75) is 26.8 Å². The van der Waals surface area contributed by atoms with Gasteiger partial charge in [0.15, 0.2) is 0 Å². The summed E-state index contributed by atoms with van der Waals surface area (Å²) in [5, 5.41) is 8.85. The summed E-state index contributed by atoms with van der Waals surface area (Å²) in [5.74, 6) is -0.125. The summed E-state index contributed by atoms with van der Waals surface area (Å²) in [4.78, 5) is 12.9. The third-order valence-corrected chi connectivity index (χ3v) is 3.28. The van der Waals surface area contributed by atoms with E-state index in [1.54, 1.807) is 14.0 Å². The van der Waals surface area contributed by atoms with Crippen molar-refractivity contribution in [3.05, 3.63) is 29.3 Å². The molecule has 0 radical (unpaired) electrons. The molecule has 0 heterocycles. The Morgan fingerprint density at radius 3 is 2.68 bits per heavy atom. The number of ether oxygens (including phenoxy) is 1. The number of aliphatic carboxylic acids is 1. The maximum Gasteiger partial charge on any atom is 0.306 e. The van der Waals surface area contributed by atoms with Gasteiger partial charge in [-0.15, -0.1) is 0 Å². The Labute approximate surface area is 115 Å². The number of carbonyl (C=O) groups is 1. The number of hydrogen-bond donors (Lipinski definition) is 1. The number of methoxy groups -OCH3 is 1. The van der Waals surface area contributed by atoms with Gasteiger partial charge in [0, 0.05) is 6.54 Å². The minimum absolute atomic E-state index is 0.292. The molecule has 0 aliphatic heterocycles. The second kappa shape index (κ2) is 7.14. The maximum absolute atomic E-state index is 10.8. The Balaban J connectivity index is 2.50. The van der Waals surface area contributed by atoms with Gasteiger partial charge in [-0.25, -0.2) is 0 Å². The van der Waals surface area contributed by atoms with Crippen molar-refractivity contribution in [1.82, 2.24) is 4.90 Å². The Morgan fingerprint density at radius 1 is 1.47 bits per heavy atom. The number of carboxylic acids is 1. The lowest BCUT2D eigenvalue weighted by atomic mass is 10.1. The van der Waals surface area contributed by atoms with E-state index in [4.69, 9.17) is 9.84 Å². The van der Waals surface area contributed by atoms with Crippen LogP contribution in [-0.2, 0) is 11.3 Å². The lowest BCUT2D eigenvalue weighted by Gasteiger charge is -2.18. The van der Waals surface area contributed by atoms with E-state index < -0.39 is 5.97 Å². The fourth-order valence-electron chi connectivity index (χ4n) is 1.97. The summed E-state index contributed by atoms with van der Waals surface area (Å²) in [7, 11) is 3.68. The largest absolute Gasteiger partial charge is 0.496 e. The first-order valence-electron chi connectivity index (χ1n) is 6.49. The molecule has 4 heteroatoms. The Morgan fingerprint density at radius 2 is 2.16 bits per heavy atom. The lowest BCUT2D eigenvalue weighted by Crippen LogP contribution is -2.23. The van der Waals surface area contributed by atoms with Crippen LogP contribution in [0.25, 0.3) is 0 Å². The molecule has 0 bridgehead atoms.